The smallest absolute Gasteiger partial charge is 0.277 e. The van der Waals surface area contributed by atoms with Crippen molar-refractivity contribution in [3.05, 3.63) is 59.8 Å². The third-order valence-corrected chi connectivity index (χ3v) is 5.05. The summed E-state index contributed by atoms with van der Waals surface area (Å²) in [5.41, 5.74) is 1.24. The molecule has 3 aromatic rings. The van der Waals surface area contributed by atoms with Gasteiger partial charge in [-0.05, 0) is 67.0 Å². The second-order valence-corrected chi connectivity index (χ2v) is 7.16. The number of pyridine rings is 2. The molecule has 0 spiro atoms. The Hall–Kier alpha value is -3.06. The minimum atomic E-state index is -0.657. The molecule has 29 heavy (non-hydrogen) atoms. The lowest BCUT2D eigenvalue weighted by Gasteiger charge is -2.22. The van der Waals surface area contributed by atoms with Gasteiger partial charge in [-0.25, -0.2) is 14.4 Å². The van der Waals surface area contributed by atoms with Crippen LogP contribution < -0.4 is 10.1 Å². The van der Waals surface area contributed by atoms with Crippen LogP contribution in [0.3, 0.4) is 0 Å². The van der Waals surface area contributed by atoms with Crippen LogP contribution >= 0.6 is 0 Å². The molecule has 6 nitrogen and oxygen atoms in total. The van der Waals surface area contributed by atoms with Crippen LogP contribution in [-0.2, 0) is 4.74 Å². The number of fused-ring (bicyclic) bond motifs is 1. The Morgan fingerprint density at radius 1 is 1.24 bits per heavy atom. The number of nitrogens with zero attached hydrogens (tertiary/aromatic N) is 2. The molecule has 4 rings (SSSR count). The van der Waals surface area contributed by atoms with Gasteiger partial charge >= 0.3 is 0 Å². The van der Waals surface area contributed by atoms with Gasteiger partial charge in [0.2, 0.25) is 5.88 Å². The van der Waals surface area contributed by atoms with Crippen molar-refractivity contribution in [2.75, 3.05) is 25.1 Å². The van der Waals surface area contributed by atoms with Crippen molar-refractivity contribution in [3.63, 3.8) is 0 Å². The van der Waals surface area contributed by atoms with Crippen LogP contribution in [0.1, 0.15) is 28.9 Å². The van der Waals surface area contributed by atoms with Crippen molar-refractivity contribution in [2.24, 2.45) is 5.92 Å². The summed E-state index contributed by atoms with van der Waals surface area (Å²) in [4.78, 5) is 20.6. The standard InChI is InChI=1S/C22H22FN3O3/c1-14-11-17(26-21(27)20-18(23)3-2-7-24-20)12-16-4-8-25-22(19(14)16)29-13-15-5-9-28-10-6-15/h2-4,7-8,11-12,15H,5-6,9-10,13H2,1H3,(H,26,27). The van der Waals surface area contributed by atoms with Crippen LogP contribution in [0.15, 0.2) is 42.7 Å². The monoisotopic (exact) mass is 395 g/mol. The van der Waals surface area contributed by atoms with E-state index in [9.17, 15) is 9.18 Å². The van der Waals surface area contributed by atoms with Crippen LogP contribution in [0.2, 0.25) is 0 Å². The Bertz CT molecular complexity index is 1030. The number of rotatable bonds is 5. The molecule has 1 aliphatic rings. The Kier molecular flexibility index (Phi) is 5.67. The number of anilines is 1. The third kappa shape index (κ3) is 4.35. The maximum absolute atomic E-state index is 13.8. The van der Waals surface area contributed by atoms with E-state index in [4.69, 9.17) is 9.47 Å². The van der Waals surface area contributed by atoms with E-state index in [0.717, 1.165) is 42.4 Å². The molecule has 150 valence electrons. The molecule has 0 bridgehead atoms. The number of carbonyl (C=O) groups is 1. The van der Waals surface area contributed by atoms with E-state index in [0.29, 0.717) is 24.1 Å². The molecular weight excluding hydrogens is 373 g/mol. The van der Waals surface area contributed by atoms with Gasteiger partial charge in [0.15, 0.2) is 11.5 Å². The number of hydrogen-bond donors (Lipinski definition) is 1. The lowest BCUT2D eigenvalue weighted by molar-refractivity contribution is 0.0493. The highest BCUT2D eigenvalue weighted by atomic mass is 19.1. The number of halogens is 1. The average Bonchev–Trinajstić information content (AvgIpc) is 2.73. The first-order chi connectivity index (χ1) is 14.1. The van der Waals surface area contributed by atoms with Crippen molar-refractivity contribution < 1.29 is 18.7 Å². The fourth-order valence-corrected chi connectivity index (χ4v) is 3.52. The lowest BCUT2D eigenvalue weighted by Crippen LogP contribution is -2.21. The molecule has 1 fully saturated rings. The van der Waals surface area contributed by atoms with Gasteiger partial charge in [-0.2, -0.15) is 0 Å². The molecule has 1 aliphatic heterocycles. The molecule has 0 aliphatic carbocycles. The Morgan fingerprint density at radius 2 is 2.07 bits per heavy atom. The number of nitrogens with one attached hydrogen (secondary N) is 1. The highest BCUT2D eigenvalue weighted by Crippen LogP contribution is 2.30. The van der Waals surface area contributed by atoms with Crippen LogP contribution in [0.4, 0.5) is 10.1 Å². The maximum atomic E-state index is 13.8. The summed E-state index contributed by atoms with van der Waals surface area (Å²) in [5.74, 6) is -0.199. The highest BCUT2D eigenvalue weighted by Gasteiger charge is 2.17. The molecule has 1 aromatic carbocycles. The van der Waals surface area contributed by atoms with E-state index in [2.05, 4.69) is 15.3 Å². The third-order valence-electron chi connectivity index (χ3n) is 5.05. The number of aromatic nitrogens is 2. The number of carbonyl (C=O) groups excluding carboxylic acids is 1. The van der Waals surface area contributed by atoms with Gasteiger partial charge in [-0.3, -0.25) is 4.79 Å². The van der Waals surface area contributed by atoms with Crippen LogP contribution in [-0.4, -0.2) is 35.7 Å². The summed E-state index contributed by atoms with van der Waals surface area (Å²) in [6.07, 6.45) is 5.05. The minimum Gasteiger partial charge on any atom is -0.477 e. The van der Waals surface area contributed by atoms with E-state index in [1.807, 2.05) is 25.1 Å². The first-order valence-corrected chi connectivity index (χ1v) is 9.63. The van der Waals surface area contributed by atoms with E-state index >= 15 is 0 Å². The van der Waals surface area contributed by atoms with Crippen molar-refractivity contribution in [3.8, 4) is 5.88 Å². The summed E-state index contributed by atoms with van der Waals surface area (Å²) in [6, 6.07) is 8.16. The SMILES string of the molecule is Cc1cc(NC(=O)c2ncccc2F)cc2ccnc(OCC3CCOCC3)c12. The van der Waals surface area contributed by atoms with Crippen molar-refractivity contribution in [2.45, 2.75) is 19.8 Å². The van der Waals surface area contributed by atoms with Crippen molar-refractivity contribution in [1.29, 1.82) is 0 Å². The number of aryl methyl sites for hydroxylation is 1. The first kappa shape index (κ1) is 19.3. The van der Waals surface area contributed by atoms with Gasteiger partial charge in [-0.15, -0.1) is 0 Å². The summed E-state index contributed by atoms with van der Waals surface area (Å²) in [6.45, 7) is 4.08. The summed E-state index contributed by atoms with van der Waals surface area (Å²) < 4.78 is 25.2. The van der Waals surface area contributed by atoms with Gasteiger partial charge < -0.3 is 14.8 Å². The van der Waals surface area contributed by atoms with Gasteiger partial charge in [0.05, 0.1) is 6.61 Å². The molecule has 7 heteroatoms. The molecule has 1 saturated heterocycles. The fourth-order valence-electron chi connectivity index (χ4n) is 3.52. The quantitative estimate of drug-likeness (QED) is 0.703. The van der Waals surface area contributed by atoms with Crippen LogP contribution in [0, 0.1) is 18.7 Å². The molecular formula is C22H22FN3O3. The number of hydrogen-bond acceptors (Lipinski definition) is 5. The molecule has 1 amide bonds. The Morgan fingerprint density at radius 3 is 2.86 bits per heavy atom. The minimum absolute atomic E-state index is 0.236. The zero-order valence-corrected chi connectivity index (χ0v) is 16.2. The second kappa shape index (κ2) is 8.53. The second-order valence-electron chi connectivity index (χ2n) is 7.16. The molecule has 0 atom stereocenters. The van der Waals surface area contributed by atoms with E-state index < -0.39 is 11.7 Å². The van der Waals surface area contributed by atoms with E-state index in [-0.39, 0.29) is 5.69 Å². The Labute approximate surface area is 168 Å². The van der Waals surface area contributed by atoms with Gasteiger partial charge in [-0.1, -0.05) is 0 Å². The van der Waals surface area contributed by atoms with Gasteiger partial charge in [0.25, 0.3) is 5.91 Å². The number of ether oxygens (including phenoxy) is 2. The van der Waals surface area contributed by atoms with E-state index in [1.165, 1.54) is 18.3 Å². The molecule has 1 N–H and O–H groups in total. The zero-order valence-electron chi connectivity index (χ0n) is 16.2. The molecule has 0 unspecified atom stereocenters. The summed E-state index contributed by atoms with van der Waals surface area (Å²) in [7, 11) is 0. The van der Waals surface area contributed by atoms with Crippen LogP contribution in [0.5, 0.6) is 5.88 Å². The molecule has 2 aromatic heterocycles. The van der Waals surface area contributed by atoms with Crippen molar-refractivity contribution >= 4 is 22.4 Å². The summed E-state index contributed by atoms with van der Waals surface area (Å²) in [5, 5.41) is 4.51. The van der Waals surface area contributed by atoms with Crippen molar-refractivity contribution in [1.82, 2.24) is 9.97 Å². The predicted molar refractivity (Wildman–Crippen MR) is 108 cm³/mol. The largest absolute Gasteiger partial charge is 0.477 e. The summed E-state index contributed by atoms with van der Waals surface area (Å²) >= 11 is 0. The van der Waals surface area contributed by atoms with E-state index in [1.54, 1.807) is 6.20 Å². The molecule has 0 radical (unpaired) electrons. The number of amides is 1. The van der Waals surface area contributed by atoms with Gasteiger partial charge in [0.1, 0.15) is 0 Å². The predicted octanol–water partition coefficient (Wildman–Crippen LogP) is 4.14. The van der Waals surface area contributed by atoms with Crippen LogP contribution in [0.25, 0.3) is 10.8 Å². The zero-order chi connectivity index (χ0) is 20.2. The van der Waals surface area contributed by atoms with Gasteiger partial charge in [0, 0.05) is 36.7 Å². The fraction of sp³-hybridized carbons (Fsp3) is 0.318. The number of benzene rings is 1. The molecule has 0 saturated carbocycles. The average molecular weight is 395 g/mol. The Balaban J connectivity index is 1.55. The highest BCUT2D eigenvalue weighted by molar-refractivity contribution is 6.04. The normalized spacial score (nSPS) is 14.7. The molecule has 3 heterocycles. The lowest BCUT2D eigenvalue weighted by atomic mass is 10.0. The first-order valence-electron chi connectivity index (χ1n) is 9.63. The maximum Gasteiger partial charge on any atom is 0.277 e. The topological polar surface area (TPSA) is 73.3 Å².